The van der Waals surface area contributed by atoms with Gasteiger partial charge in [0.25, 0.3) is 15.0 Å². The van der Waals surface area contributed by atoms with Gasteiger partial charge in [-0.3, -0.25) is 4.79 Å². The Morgan fingerprint density at radius 2 is 1.87 bits per heavy atom. The summed E-state index contributed by atoms with van der Waals surface area (Å²) in [6, 6.07) is 6.54. The number of nitrogens with zero attached hydrogens (tertiary/aromatic N) is 1. The summed E-state index contributed by atoms with van der Waals surface area (Å²) in [6.45, 7) is 0. The Morgan fingerprint density at radius 1 is 1.20 bits per heavy atom. The molecule has 0 atom stereocenters. The molecule has 1 aliphatic rings. The van der Waals surface area contributed by atoms with Gasteiger partial charge in [-0.05, 0) is 0 Å². The Bertz CT molecular complexity index is 648. The fourth-order valence-electron chi connectivity index (χ4n) is 1.35. The molecule has 1 radical (unpaired) electrons. The van der Waals surface area contributed by atoms with E-state index in [2.05, 4.69) is 5.32 Å². The number of fused-ring (bicyclic) bond motifs is 1. The van der Waals surface area contributed by atoms with Crippen LogP contribution in [0.1, 0.15) is 0 Å². The lowest BCUT2D eigenvalue weighted by Gasteiger charge is -2.05. The van der Waals surface area contributed by atoms with E-state index in [1.807, 2.05) is 0 Å². The van der Waals surface area contributed by atoms with Crippen molar-refractivity contribution >= 4 is 36.7 Å². The van der Waals surface area contributed by atoms with Crippen molar-refractivity contribution in [2.45, 2.75) is 0 Å². The number of benzene rings is 1. The molecule has 0 aromatic heterocycles. The Morgan fingerprint density at radius 3 is 2.53 bits per heavy atom. The van der Waals surface area contributed by atoms with Gasteiger partial charge in [0.2, 0.25) is 0 Å². The van der Waals surface area contributed by atoms with Gasteiger partial charge in [-0.1, -0.05) is 24.3 Å². The molecule has 0 aliphatic carbocycles. The molecule has 0 saturated carbocycles. The summed E-state index contributed by atoms with van der Waals surface area (Å²) in [5.41, 5.74) is 0. The zero-order valence-corrected chi connectivity index (χ0v) is 8.92. The van der Waals surface area contributed by atoms with E-state index in [4.69, 9.17) is 10.7 Å². The summed E-state index contributed by atoms with van der Waals surface area (Å²) in [7, 11) is 1.11. The van der Waals surface area contributed by atoms with Crippen LogP contribution >= 0.6 is 10.7 Å². The minimum atomic E-state index is -4.06. The van der Waals surface area contributed by atoms with Crippen LogP contribution in [0, 0.1) is 0 Å². The fourth-order valence-corrected chi connectivity index (χ4v) is 2.51. The van der Waals surface area contributed by atoms with E-state index in [0.29, 0.717) is 10.4 Å². The van der Waals surface area contributed by atoms with Crippen LogP contribution in [0.15, 0.2) is 24.3 Å². The summed E-state index contributed by atoms with van der Waals surface area (Å²) in [5, 5.41) is 4.32. The minimum absolute atomic E-state index is 0.299. The summed E-state index contributed by atoms with van der Waals surface area (Å²) in [6.07, 6.45) is 1.32. The van der Waals surface area contributed by atoms with Crippen molar-refractivity contribution in [1.82, 2.24) is 5.32 Å². The summed E-state index contributed by atoms with van der Waals surface area (Å²) >= 11 is 0. The van der Waals surface area contributed by atoms with E-state index in [1.54, 1.807) is 18.2 Å². The molecule has 1 aromatic rings. The fraction of sp³-hybridized carbons (Fsp3) is 0. The second-order valence-corrected chi connectivity index (χ2v) is 5.42. The second-order valence-electron chi connectivity index (χ2n) is 2.92. The quantitative estimate of drug-likeness (QED) is 0.609. The van der Waals surface area contributed by atoms with E-state index in [0.717, 1.165) is 0 Å². The lowest BCUT2D eigenvalue weighted by molar-refractivity contribution is -0.114. The van der Waals surface area contributed by atoms with Crippen LogP contribution in [0.2, 0.25) is 0 Å². The molecular formula is C9H5ClNO3S. The van der Waals surface area contributed by atoms with Crippen LogP contribution in [0.5, 0.6) is 0 Å². The number of carbonyl (C=O) groups is 1. The molecule has 1 amide bonds. The number of halogens is 1. The molecule has 1 aromatic carbocycles. The molecule has 0 fully saturated rings. The lowest BCUT2D eigenvalue weighted by Crippen LogP contribution is -2.38. The highest BCUT2D eigenvalue weighted by molar-refractivity contribution is 8.21. The maximum Gasteiger partial charge on any atom is 0.290 e. The standard InChI is InChI=1S/C9H5ClNO3S/c10-15(13,14)8-7-4-2-1-3-6(7)5-11-9(8)12/h1-5H. The van der Waals surface area contributed by atoms with E-state index < -0.39 is 19.9 Å². The molecule has 77 valence electrons. The number of carbonyl (C=O) groups excluding carboxylic acids is 1. The van der Waals surface area contributed by atoms with E-state index >= 15 is 0 Å². The average molecular weight is 243 g/mol. The second kappa shape index (κ2) is 3.36. The molecule has 0 N–H and O–H groups in total. The minimum Gasteiger partial charge on any atom is -0.266 e. The van der Waals surface area contributed by atoms with Crippen LogP contribution < -0.4 is 15.8 Å². The summed E-state index contributed by atoms with van der Waals surface area (Å²) in [4.78, 5) is 10.8. The van der Waals surface area contributed by atoms with Gasteiger partial charge in [-0.2, -0.15) is 0 Å². The molecular weight excluding hydrogens is 238 g/mol. The monoisotopic (exact) mass is 242 g/mol. The highest BCUT2D eigenvalue weighted by Crippen LogP contribution is 2.12. The summed E-state index contributed by atoms with van der Waals surface area (Å²) < 4.78 is 22.4. The Balaban J connectivity index is 3.02. The third-order valence-electron chi connectivity index (χ3n) is 1.96. The number of hydrogen-bond donors (Lipinski definition) is 0. The summed E-state index contributed by atoms with van der Waals surface area (Å²) in [5.74, 6) is -0.830. The molecule has 1 aliphatic heterocycles. The van der Waals surface area contributed by atoms with Gasteiger partial charge in [0.05, 0.1) is 0 Å². The molecule has 4 nitrogen and oxygen atoms in total. The predicted molar refractivity (Wildman–Crippen MR) is 55.5 cm³/mol. The zero-order chi connectivity index (χ0) is 11.1. The average Bonchev–Trinajstić information content (AvgIpc) is 2.15. The third kappa shape index (κ3) is 1.75. The molecule has 15 heavy (non-hydrogen) atoms. The first kappa shape index (κ1) is 10.2. The van der Waals surface area contributed by atoms with Gasteiger partial charge >= 0.3 is 0 Å². The van der Waals surface area contributed by atoms with Crippen molar-refractivity contribution in [3.63, 3.8) is 0 Å². The van der Waals surface area contributed by atoms with Crippen molar-refractivity contribution in [3.05, 3.63) is 34.7 Å². The zero-order valence-electron chi connectivity index (χ0n) is 7.34. The van der Waals surface area contributed by atoms with Gasteiger partial charge in [0.15, 0.2) is 4.91 Å². The maximum absolute atomic E-state index is 11.3. The lowest BCUT2D eigenvalue weighted by atomic mass is 10.2. The van der Waals surface area contributed by atoms with Crippen LogP contribution in [-0.2, 0) is 13.8 Å². The van der Waals surface area contributed by atoms with E-state index in [1.165, 1.54) is 12.3 Å². The predicted octanol–water partition coefficient (Wildman–Crippen LogP) is -0.754. The van der Waals surface area contributed by atoms with Crippen LogP contribution in [0.25, 0.3) is 11.1 Å². The van der Waals surface area contributed by atoms with Crippen LogP contribution in [0.3, 0.4) is 0 Å². The first-order valence-electron chi connectivity index (χ1n) is 3.99. The van der Waals surface area contributed by atoms with E-state index in [9.17, 15) is 13.2 Å². The molecule has 1 heterocycles. The first-order valence-corrected chi connectivity index (χ1v) is 6.30. The van der Waals surface area contributed by atoms with Crippen LogP contribution in [0.4, 0.5) is 0 Å². The van der Waals surface area contributed by atoms with Crippen molar-refractivity contribution in [2.75, 3.05) is 0 Å². The van der Waals surface area contributed by atoms with Crippen molar-refractivity contribution in [1.29, 1.82) is 0 Å². The van der Waals surface area contributed by atoms with Gasteiger partial charge in [0, 0.05) is 27.3 Å². The molecule has 0 saturated heterocycles. The van der Waals surface area contributed by atoms with E-state index in [-0.39, 0.29) is 0 Å². The van der Waals surface area contributed by atoms with Gasteiger partial charge in [0.1, 0.15) is 0 Å². The molecule has 0 unspecified atom stereocenters. The first-order chi connectivity index (χ1) is 7.00. The number of rotatable bonds is 1. The highest BCUT2D eigenvalue weighted by atomic mass is 35.7. The number of hydrogen-bond acceptors (Lipinski definition) is 3. The Labute approximate surface area is 90.3 Å². The molecule has 0 spiro atoms. The largest absolute Gasteiger partial charge is 0.290 e. The molecule has 6 heteroatoms. The van der Waals surface area contributed by atoms with Crippen molar-refractivity contribution in [3.8, 4) is 0 Å². The van der Waals surface area contributed by atoms with Crippen molar-refractivity contribution in [2.24, 2.45) is 0 Å². The Kier molecular flexibility index (Phi) is 2.28. The Hall–Kier alpha value is -1.33. The van der Waals surface area contributed by atoms with Crippen molar-refractivity contribution < 1.29 is 13.2 Å². The third-order valence-corrected chi connectivity index (χ3v) is 3.31. The molecule has 0 bridgehead atoms. The number of amides is 1. The topological polar surface area (TPSA) is 65.3 Å². The normalized spacial score (nSPS) is 15.3. The van der Waals surface area contributed by atoms with Gasteiger partial charge < -0.3 is 0 Å². The van der Waals surface area contributed by atoms with Gasteiger partial charge in [-0.25, -0.2) is 13.7 Å². The molecule has 2 rings (SSSR count). The highest BCUT2D eigenvalue weighted by Gasteiger charge is 2.26. The van der Waals surface area contributed by atoms with Crippen LogP contribution in [-0.4, -0.2) is 14.3 Å². The van der Waals surface area contributed by atoms with Gasteiger partial charge in [-0.15, -0.1) is 0 Å². The SMILES string of the molecule is O=C1[N]C=c2ccccc2=C1S(=O)(=O)Cl. The maximum atomic E-state index is 11.3. The smallest absolute Gasteiger partial charge is 0.266 e.